The Bertz CT molecular complexity index is 1410. The first-order chi connectivity index (χ1) is 16.5. The van der Waals surface area contributed by atoms with E-state index in [1.165, 1.54) is 5.56 Å². The van der Waals surface area contributed by atoms with Gasteiger partial charge in [-0.2, -0.15) is 0 Å². The SMILES string of the molecule is Cc1cc(C(=N)c2cc3cc(C4CCCN(Cc5ccccc5)C4)c(=O)[nH]c3cc2N)ccn1. The molecule has 4 aromatic rings. The number of pyridine rings is 2. The van der Waals surface area contributed by atoms with Crippen LogP contribution in [0.15, 0.2) is 71.7 Å². The molecule has 0 radical (unpaired) electrons. The summed E-state index contributed by atoms with van der Waals surface area (Å²) in [7, 11) is 0. The van der Waals surface area contributed by atoms with Crippen LogP contribution < -0.4 is 11.3 Å². The van der Waals surface area contributed by atoms with Crippen LogP contribution in [0.5, 0.6) is 0 Å². The smallest absolute Gasteiger partial charge is 0.251 e. The van der Waals surface area contributed by atoms with Crippen molar-refractivity contribution in [3.8, 4) is 0 Å². The summed E-state index contributed by atoms with van der Waals surface area (Å²) in [4.78, 5) is 22.7. The second-order valence-corrected chi connectivity index (χ2v) is 9.20. The van der Waals surface area contributed by atoms with Crippen molar-refractivity contribution < 1.29 is 0 Å². The lowest BCUT2D eigenvalue weighted by atomic mass is 9.90. The van der Waals surface area contributed by atoms with E-state index in [0.717, 1.165) is 54.7 Å². The molecule has 1 aliphatic heterocycles. The van der Waals surface area contributed by atoms with Gasteiger partial charge in [-0.25, -0.2) is 0 Å². The van der Waals surface area contributed by atoms with Crippen LogP contribution in [0.3, 0.4) is 0 Å². The molecule has 1 aliphatic rings. The van der Waals surface area contributed by atoms with Gasteiger partial charge in [0.05, 0.1) is 11.2 Å². The minimum atomic E-state index is -0.0500. The Hall–Kier alpha value is -3.77. The lowest BCUT2D eigenvalue weighted by Crippen LogP contribution is -2.35. The number of benzene rings is 2. The highest BCUT2D eigenvalue weighted by Gasteiger charge is 2.24. The number of nitrogens with zero attached hydrogens (tertiary/aromatic N) is 2. The van der Waals surface area contributed by atoms with Crippen molar-refractivity contribution in [2.75, 3.05) is 18.8 Å². The number of hydrogen-bond acceptors (Lipinski definition) is 5. The quantitative estimate of drug-likeness (QED) is 0.305. The first-order valence-electron chi connectivity index (χ1n) is 11.7. The van der Waals surface area contributed by atoms with E-state index in [0.29, 0.717) is 22.5 Å². The molecule has 2 aromatic heterocycles. The van der Waals surface area contributed by atoms with E-state index >= 15 is 0 Å². The van der Waals surface area contributed by atoms with E-state index in [1.54, 1.807) is 12.3 Å². The average molecular weight is 452 g/mol. The van der Waals surface area contributed by atoms with Gasteiger partial charge in [0.1, 0.15) is 0 Å². The zero-order valence-electron chi connectivity index (χ0n) is 19.3. The Labute approximate surface area is 199 Å². The predicted octanol–water partition coefficient (Wildman–Crippen LogP) is 4.61. The number of aromatic nitrogens is 2. The van der Waals surface area contributed by atoms with Crippen molar-refractivity contribution in [1.29, 1.82) is 5.41 Å². The lowest BCUT2D eigenvalue weighted by molar-refractivity contribution is 0.199. The van der Waals surface area contributed by atoms with Gasteiger partial charge in [0.15, 0.2) is 0 Å². The maximum absolute atomic E-state index is 13.0. The average Bonchev–Trinajstić information content (AvgIpc) is 2.84. The van der Waals surface area contributed by atoms with Gasteiger partial charge in [-0.1, -0.05) is 30.3 Å². The molecule has 0 saturated carbocycles. The van der Waals surface area contributed by atoms with Crippen LogP contribution in [0, 0.1) is 12.3 Å². The van der Waals surface area contributed by atoms with Gasteiger partial charge >= 0.3 is 0 Å². The highest BCUT2D eigenvalue weighted by atomic mass is 16.1. The number of hydrogen-bond donors (Lipinski definition) is 3. The fourth-order valence-corrected chi connectivity index (χ4v) is 4.96. The lowest BCUT2D eigenvalue weighted by Gasteiger charge is -2.32. The second-order valence-electron chi connectivity index (χ2n) is 9.20. The molecule has 2 aromatic carbocycles. The summed E-state index contributed by atoms with van der Waals surface area (Å²) < 4.78 is 0. The number of piperidine rings is 1. The Morgan fingerprint density at radius 1 is 1.18 bits per heavy atom. The fourth-order valence-electron chi connectivity index (χ4n) is 4.96. The first kappa shape index (κ1) is 22.0. The van der Waals surface area contributed by atoms with Gasteiger partial charge in [0.25, 0.3) is 5.56 Å². The van der Waals surface area contributed by atoms with E-state index in [1.807, 2.05) is 37.3 Å². The molecule has 0 spiro atoms. The maximum atomic E-state index is 13.0. The highest BCUT2D eigenvalue weighted by molar-refractivity contribution is 6.15. The summed E-state index contributed by atoms with van der Waals surface area (Å²) in [6, 6.07) is 19.9. The first-order valence-corrected chi connectivity index (χ1v) is 11.7. The molecule has 6 heteroatoms. The van der Waals surface area contributed by atoms with Gasteiger partial charge in [0.2, 0.25) is 0 Å². The molecule has 0 bridgehead atoms. The van der Waals surface area contributed by atoms with Gasteiger partial charge < -0.3 is 10.7 Å². The Balaban J connectivity index is 1.46. The monoisotopic (exact) mass is 451 g/mol. The number of rotatable bonds is 5. The van der Waals surface area contributed by atoms with Crippen LogP contribution >= 0.6 is 0 Å². The van der Waals surface area contributed by atoms with Gasteiger partial charge in [-0.3, -0.25) is 20.1 Å². The topological polar surface area (TPSA) is 98.9 Å². The number of anilines is 1. The minimum Gasteiger partial charge on any atom is -0.398 e. The third kappa shape index (κ3) is 4.50. The standard InChI is InChI=1S/C28H29N5O/c1-18-12-20(9-10-31-18)27(30)24-14-22-13-23(28(34)32-26(22)15-25(24)29)21-8-5-11-33(17-21)16-19-6-3-2-4-7-19/h2-4,6-7,9-10,12-15,21,30H,5,8,11,16-17,29H2,1H3,(H,32,34). The normalized spacial score (nSPS) is 16.6. The van der Waals surface area contributed by atoms with E-state index in [2.05, 4.69) is 39.1 Å². The van der Waals surface area contributed by atoms with Crippen molar-refractivity contribution >= 4 is 22.3 Å². The zero-order valence-corrected chi connectivity index (χ0v) is 19.3. The predicted molar refractivity (Wildman–Crippen MR) is 138 cm³/mol. The molecule has 34 heavy (non-hydrogen) atoms. The zero-order chi connectivity index (χ0) is 23.7. The van der Waals surface area contributed by atoms with E-state index < -0.39 is 0 Å². The molecule has 0 aliphatic carbocycles. The number of nitrogens with two attached hydrogens (primary N) is 1. The molecular formula is C28H29N5O. The molecule has 1 saturated heterocycles. The van der Waals surface area contributed by atoms with Crippen molar-refractivity contribution in [2.24, 2.45) is 0 Å². The third-order valence-corrected chi connectivity index (χ3v) is 6.69. The number of fused-ring (bicyclic) bond motifs is 1. The number of likely N-dealkylation sites (tertiary alicyclic amines) is 1. The van der Waals surface area contributed by atoms with E-state index in [4.69, 9.17) is 11.1 Å². The van der Waals surface area contributed by atoms with E-state index in [-0.39, 0.29) is 11.5 Å². The number of nitrogens with one attached hydrogen (secondary N) is 2. The summed E-state index contributed by atoms with van der Waals surface area (Å²) in [6.45, 7) is 4.70. The molecule has 1 fully saturated rings. The third-order valence-electron chi connectivity index (χ3n) is 6.69. The minimum absolute atomic E-state index is 0.0500. The summed E-state index contributed by atoms with van der Waals surface area (Å²) in [5.74, 6) is 0.175. The van der Waals surface area contributed by atoms with Crippen molar-refractivity contribution in [3.63, 3.8) is 0 Å². The Morgan fingerprint density at radius 3 is 2.79 bits per heavy atom. The molecule has 1 atom stereocenters. The van der Waals surface area contributed by atoms with Crippen LogP contribution in [0.4, 0.5) is 5.69 Å². The van der Waals surface area contributed by atoms with E-state index in [9.17, 15) is 4.79 Å². The number of H-pyrrole nitrogens is 1. The van der Waals surface area contributed by atoms with Crippen LogP contribution in [0.25, 0.3) is 10.9 Å². The van der Waals surface area contributed by atoms with Crippen LogP contribution in [0.2, 0.25) is 0 Å². The number of nitrogen functional groups attached to an aromatic ring is 1. The molecule has 6 nitrogen and oxygen atoms in total. The summed E-state index contributed by atoms with van der Waals surface area (Å²) in [6.07, 6.45) is 3.76. The molecule has 0 amide bonds. The summed E-state index contributed by atoms with van der Waals surface area (Å²) in [5, 5.41) is 9.62. The molecule has 3 heterocycles. The van der Waals surface area contributed by atoms with Crippen molar-refractivity contribution in [3.05, 3.63) is 105 Å². The highest BCUT2D eigenvalue weighted by Crippen LogP contribution is 2.29. The van der Waals surface area contributed by atoms with Crippen molar-refractivity contribution in [1.82, 2.24) is 14.9 Å². The molecule has 5 rings (SSSR count). The molecule has 1 unspecified atom stereocenters. The Kier molecular flexibility index (Phi) is 5.99. The fraction of sp³-hybridized carbons (Fsp3) is 0.250. The van der Waals surface area contributed by atoms with Crippen molar-refractivity contribution in [2.45, 2.75) is 32.2 Å². The molecule has 172 valence electrons. The van der Waals surface area contributed by atoms with Gasteiger partial charge in [0, 0.05) is 53.3 Å². The van der Waals surface area contributed by atoms with Gasteiger partial charge in [-0.15, -0.1) is 0 Å². The van der Waals surface area contributed by atoms with Crippen LogP contribution in [-0.2, 0) is 6.54 Å². The van der Waals surface area contributed by atoms with Crippen LogP contribution in [0.1, 0.15) is 46.7 Å². The summed E-state index contributed by atoms with van der Waals surface area (Å²) in [5.41, 5.74) is 12.2. The maximum Gasteiger partial charge on any atom is 0.251 e. The number of aryl methyl sites for hydroxylation is 1. The molecular weight excluding hydrogens is 422 g/mol. The Morgan fingerprint density at radius 2 is 2.00 bits per heavy atom. The molecule has 4 N–H and O–H groups in total. The summed E-state index contributed by atoms with van der Waals surface area (Å²) >= 11 is 0. The van der Waals surface area contributed by atoms with Gasteiger partial charge in [-0.05, 0) is 67.6 Å². The number of aromatic amines is 1. The second kappa shape index (κ2) is 9.23. The van der Waals surface area contributed by atoms with Crippen LogP contribution in [-0.4, -0.2) is 33.7 Å². The largest absolute Gasteiger partial charge is 0.398 e.